The van der Waals surface area contributed by atoms with E-state index in [4.69, 9.17) is 20.8 Å². The highest BCUT2D eigenvalue weighted by Crippen LogP contribution is 2.34. The zero-order valence-corrected chi connectivity index (χ0v) is 23.9. The third-order valence-electron chi connectivity index (χ3n) is 6.27. The van der Waals surface area contributed by atoms with Crippen molar-refractivity contribution in [3.8, 4) is 11.3 Å². The van der Waals surface area contributed by atoms with Crippen molar-refractivity contribution < 1.29 is 18.9 Å². The van der Waals surface area contributed by atoms with Crippen LogP contribution in [0, 0.1) is 10.1 Å². The van der Waals surface area contributed by atoms with Gasteiger partial charge in [-0.2, -0.15) is 0 Å². The molecule has 204 valence electrons. The number of thioether (sulfide) groups is 1. The number of nitro benzene ring substituents is 1. The van der Waals surface area contributed by atoms with E-state index in [2.05, 4.69) is 4.99 Å². The zero-order valence-electron chi connectivity index (χ0n) is 21.5. The number of thiazole rings is 1. The summed E-state index contributed by atoms with van der Waals surface area (Å²) in [5, 5.41) is 11.8. The van der Waals surface area contributed by atoms with Crippen LogP contribution in [0.15, 0.2) is 85.0 Å². The van der Waals surface area contributed by atoms with E-state index < -0.39 is 16.9 Å². The number of allylic oxidation sites excluding steroid dienone is 1. The van der Waals surface area contributed by atoms with Crippen molar-refractivity contribution in [1.82, 2.24) is 4.57 Å². The normalized spacial score (nSPS) is 15.1. The summed E-state index contributed by atoms with van der Waals surface area (Å²) in [7, 11) is 0. The number of hydrogen-bond acceptors (Lipinski definition) is 9. The van der Waals surface area contributed by atoms with Crippen LogP contribution in [0.5, 0.6) is 0 Å². The molecule has 40 heavy (non-hydrogen) atoms. The second-order valence-electron chi connectivity index (χ2n) is 8.70. The summed E-state index contributed by atoms with van der Waals surface area (Å²) in [6.07, 6.45) is 3.53. The molecule has 0 saturated carbocycles. The number of nitro groups is 1. The molecule has 0 bridgehead atoms. The first-order chi connectivity index (χ1) is 19.2. The number of nitrogens with zero attached hydrogens (tertiary/aromatic N) is 3. The SMILES string of the molecule is CCOC(=O)C1=C(C)N=c2s/c(=C\c3ccc(-c4ccc(Cl)cc4[N+](=O)[O-])o3)c(=O)n2[C@H]1c1ccc(SC)cc1. The number of furan rings is 1. The molecule has 0 fully saturated rings. The third-order valence-corrected chi connectivity index (χ3v) is 8.23. The van der Waals surface area contributed by atoms with Crippen LogP contribution in [0.1, 0.15) is 31.2 Å². The van der Waals surface area contributed by atoms with E-state index in [9.17, 15) is 19.7 Å². The number of fused-ring (bicyclic) bond motifs is 1. The summed E-state index contributed by atoms with van der Waals surface area (Å²) < 4.78 is 13.0. The number of carbonyl (C=O) groups excluding carboxylic acids is 1. The molecule has 0 saturated heterocycles. The molecule has 2 aromatic carbocycles. The van der Waals surface area contributed by atoms with Gasteiger partial charge in [0.1, 0.15) is 11.5 Å². The first-order valence-electron chi connectivity index (χ1n) is 12.1. The number of aromatic nitrogens is 1. The number of halogens is 1. The topological polar surface area (TPSA) is 117 Å². The molecule has 1 atom stereocenters. The van der Waals surface area contributed by atoms with Crippen LogP contribution in [0.25, 0.3) is 17.4 Å². The van der Waals surface area contributed by atoms with Gasteiger partial charge in [0.05, 0.1) is 38.9 Å². The van der Waals surface area contributed by atoms with Crippen LogP contribution < -0.4 is 14.9 Å². The highest BCUT2D eigenvalue weighted by atomic mass is 35.5. The number of hydrogen-bond donors (Lipinski definition) is 0. The molecule has 0 unspecified atom stereocenters. The minimum absolute atomic E-state index is 0.185. The Labute approximate surface area is 241 Å². The molecule has 2 aromatic heterocycles. The lowest BCUT2D eigenvalue weighted by molar-refractivity contribution is -0.384. The molecule has 4 aromatic rings. The number of esters is 1. The predicted molar refractivity (Wildman–Crippen MR) is 154 cm³/mol. The molecule has 0 spiro atoms. The third kappa shape index (κ3) is 5.15. The Morgan fingerprint density at radius 1 is 1.25 bits per heavy atom. The lowest BCUT2D eigenvalue weighted by atomic mass is 9.96. The van der Waals surface area contributed by atoms with Gasteiger partial charge < -0.3 is 9.15 Å². The van der Waals surface area contributed by atoms with E-state index in [1.807, 2.05) is 30.5 Å². The monoisotopic (exact) mass is 595 g/mol. The van der Waals surface area contributed by atoms with E-state index in [1.165, 1.54) is 16.7 Å². The summed E-state index contributed by atoms with van der Waals surface area (Å²) in [6.45, 7) is 3.64. The smallest absolute Gasteiger partial charge is 0.338 e. The summed E-state index contributed by atoms with van der Waals surface area (Å²) >= 11 is 8.69. The molecule has 0 radical (unpaired) electrons. The van der Waals surface area contributed by atoms with Gasteiger partial charge in [-0.15, -0.1) is 11.8 Å². The first kappa shape index (κ1) is 27.6. The van der Waals surface area contributed by atoms with Crippen LogP contribution in [0.3, 0.4) is 0 Å². The Kier molecular flexibility index (Phi) is 7.79. The molecule has 3 heterocycles. The summed E-state index contributed by atoms with van der Waals surface area (Å²) in [6, 6.07) is 14.5. The molecule has 9 nitrogen and oxygen atoms in total. The van der Waals surface area contributed by atoms with Crippen LogP contribution >= 0.6 is 34.7 Å². The predicted octanol–water partition coefficient (Wildman–Crippen LogP) is 5.34. The molecule has 0 amide bonds. The first-order valence-corrected chi connectivity index (χ1v) is 14.5. The fourth-order valence-corrected chi connectivity index (χ4v) is 6.06. The van der Waals surface area contributed by atoms with Gasteiger partial charge in [0.25, 0.3) is 11.2 Å². The van der Waals surface area contributed by atoms with Crippen molar-refractivity contribution >= 4 is 52.4 Å². The lowest BCUT2D eigenvalue weighted by Crippen LogP contribution is -2.39. The average Bonchev–Trinajstić information content (AvgIpc) is 3.52. The molecular formula is C28H22ClN3O6S2. The maximum absolute atomic E-state index is 13.8. The van der Waals surface area contributed by atoms with E-state index >= 15 is 0 Å². The Morgan fingerprint density at radius 2 is 2.00 bits per heavy atom. The van der Waals surface area contributed by atoms with Crippen LogP contribution in [-0.2, 0) is 9.53 Å². The van der Waals surface area contributed by atoms with Gasteiger partial charge in [0.15, 0.2) is 4.80 Å². The molecule has 12 heteroatoms. The van der Waals surface area contributed by atoms with Gasteiger partial charge in [-0.1, -0.05) is 35.1 Å². The van der Waals surface area contributed by atoms with Crippen molar-refractivity contribution in [1.29, 1.82) is 0 Å². The van der Waals surface area contributed by atoms with Crippen molar-refractivity contribution in [3.05, 3.63) is 112 Å². The van der Waals surface area contributed by atoms with Crippen LogP contribution in [-0.4, -0.2) is 28.3 Å². The van der Waals surface area contributed by atoms with E-state index in [0.29, 0.717) is 26.4 Å². The Bertz CT molecular complexity index is 1850. The second kappa shape index (κ2) is 11.3. The quantitative estimate of drug-likeness (QED) is 0.122. The van der Waals surface area contributed by atoms with Crippen molar-refractivity contribution in [2.24, 2.45) is 4.99 Å². The van der Waals surface area contributed by atoms with Gasteiger partial charge in [0, 0.05) is 22.1 Å². The van der Waals surface area contributed by atoms with E-state index in [-0.39, 0.29) is 34.2 Å². The Balaban J connectivity index is 1.63. The largest absolute Gasteiger partial charge is 0.463 e. The molecule has 1 aliphatic heterocycles. The Hall–Kier alpha value is -3.93. The van der Waals surface area contributed by atoms with Gasteiger partial charge in [-0.25, -0.2) is 9.79 Å². The standard InChI is InChI=1S/C28H22ClN3O6S2/c1-4-37-27(34)24-15(2)30-28-31(25(24)16-5-9-19(39-3)10-6-16)26(33)23(40-28)14-18-8-12-22(38-18)20-11-7-17(29)13-21(20)32(35)36/h5-14,25H,4H2,1-3H3/b23-14-/t25-/m0/s1. The van der Waals surface area contributed by atoms with Gasteiger partial charge in [0.2, 0.25) is 0 Å². The minimum Gasteiger partial charge on any atom is -0.463 e. The fraction of sp³-hybridized carbons (Fsp3) is 0.179. The molecule has 5 rings (SSSR count). The summed E-state index contributed by atoms with van der Waals surface area (Å²) in [5.74, 6) is 0.0542. The number of benzene rings is 2. The van der Waals surface area contributed by atoms with Crippen LogP contribution in [0.4, 0.5) is 5.69 Å². The van der Waals surface area contributed by atoms with E-state index in [0.717, 1.165) is 21.8 Å². The fourth-order valence-electron chi connectivity index (χ4n) is 4.46. The molecule has 0 aliphatic carbocycles. The van der Waals surface area contributed by atoms with Crippen molar-refractivity contribution in [2.75, 3.05) is 12.9 Å². The van der Waals surface area contributed by atoms with E-state index in [1.54, 1.807) is 49.9 Å². The maximum Gasteiger partial charge on any atom is 0.338 e. The van der Waals surface area contributed by atoms with Gasteiger partial charge >= 0.3 is 5.97 Å². The van der Waals surface area contributed by atoms with Crippen LogP contribution in [0.2, 0.25) is 5.02 Å². The van der Waals surface area contributed by atoms with Crippen molar-refractivity contribution in [2.45, 2.75) is 24.8 Å². The minimum atomic E-state index is -0.725. The van der Waals surface area contributed by atoms with Crippen molar-refractivity contribution in [3.63, 3.8) is 0 Å². The summed E-state index contributed by atoms with van der Waals surface area (Å²) in [5.41, 5.74) is 1.24. The van der Waals surface area contributed by atoms with Gasteiger partial charge in [-0.3, -0.25) is 19.5 Å². The average molecular weight is 596 g/mol. The Morgan fingerprint density at radius 3 is 2.67 bits per heavy atom. The maximum atomic E-state index is 13.8. The molecule has 1 aliphatic rings. The second-order valence-corrected chi connectivity index (χ2v) is 11.0. The zero-order chi connectivity index (χ0) is 28.6. The molecular weight excluding hydrogens is 574 g/mol. The summed E-state index contributed by atoms with van der Waals surface area (Å²) in [4.78, 5) is 43.9. The number of ether oxygens (including phenoxy) is 1. The highest BCUT2D eigenvalue weighted by Gasteiger charge is 2.33. The molecule has 0 N–H and O–H groups in total. The van der Waals surface area contributed by atoms with Gasteiger partial charge in [-0.05, 0) is 62.1 Å². The number of carbonyl (C=O) groups is 1. The lowest BCUT2D eigenvalue weighted by Gasteiger charge is -2.24. The highest BCUT2D eigenvalue weighted by molar-refractivity contribution is 7.98. The number of rotatable bonds is 7.